The quantitative estimate of drug-likeness (QED) is 0.777. The van der Waals surface area contributed by atoms with Crippen LogP contribution in [0, 0.1) is 0 Å². The average molecular weight is 260 g/mol. The van der Waals surface area contributed by atoms with Crippen molar-refractivity contribution in [3.63, 3.8) is 0 Å². The van der Waals surface area contributed by atoms with Gasteiger partial charge in [0.05, 0.1) is 11.9 Å². The van der Waals surface area contributed by atoms with E-state index in [4.69, 9.17) is 10.5 Å². The first kappa shape index (κ1) is 11.2. The van der Waals surface area contributed by atoms with Gasteiger partial charge in [-0.15, -0.1) is 0 Å². The summed E-state index contributed by atoms with van der Waals surface area (Å²) < 4.78 is 7.38. The molecule has 3 aromatic rings. The summed E-state index contributed by atoms with van der Waals surface area (Å²) in [6, 6.07) is 9.68. The van der Waals surface area contributed by atoms with Crippen molar-refractivity contribution in [1.29, 1.82) is 0 Å². The van der Waals surface area contributed by atoms with E-state index >= 15 is 0 Å². The number of fused-ring (bicyclic) bond motifs is 1. The lowest BCUT2D eigenvalue weighted by Crippen LogP contribution is -1.97. The minimum atomic E-state index is 0.436. The summed E-state index contributed by atoms with van der Waals surface area (Å²) in [6.45, 7) is 0.891. The van der Waals surface area contributed by atoms with Crippen molar-refractivity contribution in [3.8, 4) is 5.75 Å². The number of rotatable bonds is 4. The highest BCUT2D eigenvalue weighted by Crippen LogP contribution is 2.17. The zero-order valence-corrected chi connectivity index (χ0v) is 10.4. The van der Waals surface area contributed by atoms with Crippen LogP contribution in [0.2, 0.25) is 0 Å². The molecule has 0 atom stereocenters. The fourth-order valence-electron chi connectivity index (χ4n) is 1.60. The first-order valence-corrected chi connectivity index (χ1v) is 6.38. The van der Waals surface area contributed by atoms with Crippen molar-refractivity contribution in [2.75, 3.05) is 0 Å². The topological polar surface area (TPSA) is 65.4 Å². The van der Waals surface area contributed by atoms with Gasteiger partial charge in [0.1, 0.15) is 12.4 Å². The van der Waals surface area contributed by atoms with Gasteiger partial charge in [-0.3, -0.25) is 0 Å². The van der Waals surface area contributed by atoms with Crippen molar-refractivity contribution in [2.24, 2.45) is 5.73 Å². The zero-order chi connectivity index (χ0) is 12.4. The third-order valence-electron chi connectivity index (χ3n) is 2.45. The maximum absolute atomic E-state index is 5.63. The normalized spacial score (nSPS) is 10.9. The summed E-state index contributed by atoms with van der Waals surface area (Å²) in [7, 11) is 0. The molecule has 92 valence electrons. The summed E-state index contributed by atoms with van der Waals surface area (Å²) >= 11 is 1.51. The van der Waals surface area contributed by atoms with E-state index in [2.05, 4.69) is 10.1 Å². The maximum Gasteiger partial charge on any atom is 0.212 e. The van der Waals surface area contributed by atoms with Gasteiger partial charge in [-0.25, -0.2) is 9.50 Å². The van der Waals surface area contributed by atoms with Gasteiger partial charge in [0.15, 0.2) is 5.01 Å². The summed E-state index contributed by atoms with van der Waals surface area (Å²) in [5.74, 6) is 0.841. The van der Waals surface area contributed by atoms with Crippen molar-refractivity contribution >= 4 is 16.3 Å². The lowest BCUT2D eigenvalue weighted by molar-refractivity contribution is 0.304. The molecule has 0 fully saturated rings. The first-order chi connectivity index (χ1) is 8.85. The molecule has 3 rings (SSSR count). The fraction of sp³-hybridized carbons (Fsp3) is 0.167. The van der Waals surface area contributed by atoms with Crippen molar-refractivity contribution in [3.05, 3.63) is 47.2 Å². The molecule has 0 amide bonds. The van der Waals surface area contributed by atoms with Crippen LogP contribution in [0.1, 0.15) is 10.7 Å². The number of para-hydroxylation sites is 1. The Labute approximate surface area is 108 Å². The molecule has 18 heavy (non-hydrogen) atoms. The zero-order valence-electron chi connectivity index (χ0n) is 9.61. The molecule has 5 nitrogen and oxygen atoms in total. The Morgan fingerprint density at radius 1 is 1.28 bits per heavy atom. The highest BCUT2D eigenvalue weighted by Gasteiger charge is 2.07. The van der Waals surface area contributed by atoms with Crippen LogP contribution in [0.5, 0.6) is 5.75 Å². The van der Waals surface area contributed by atoms with Crippen LogP contribution in [-0.2, 0) is 13.2 Å². The summed E-state index contributed by atoms with van der Waals surface area (Å²) in [5, 5.41) is 5.28. The number of nitrogens with two attached hydrogens (primary N) is 1. The van der Waals surface area contributed by atoms with E-state index in [1.807, 2.05) is 36.5 Å². The third kappa shape index (κ3) is 2.20. The molecule has 2 heterocycles. The minimum absolute atomic E-state index is 0.436. The molecule has 2 N–H and O–H groups in total. The molecular formula is C12H12N4OS. The van der Waals surface area contributed by atoms with E-state index < -0.39 is 0 Å². The molecule has 0 saturated heterocycles. The lowest BCUT2D eigenvalue weighted by atomic mass is 10.3. The van der Waals surface area contributed by atoms with Crippen LogP contribution < -0.4 is 10.5 Å². The first-order valence-electron chi connectivity index (χ1n) is 5.57. The molecule has 0 aliphatic carbocycles. The van der Waals surface area contributed by atoms with E-state index in [-0.39, 0.29) is 0 Å². The predicted molar refractivity (Wildman–Crippen MR) is 69.5 cm³/mol. The van der Waals surface area contributed by atoms with Gasteiger partial charge in [0.25, 0.3) is 0 Å². The van der Waals surface area contributed by atoms with Gasteiger partial charge < -0.3 is 10.5 Å². The second kappa shape index (κ2) is 4.75. The molecule has 2 aromatic heterocycles. The predicted octanol–water partition coefficient (Wildman–Crippen LogP) is 1.83. The molecule has 0 radical (unpaired) electrons. The number of imidazole rings is 1. The van der Waals surface area contributed by atoms with Crippen LogP contribution in [-0.4, -0.2) is 14.6 Å². The van der Waals surface area contributed by atoms with E-state index in [0.717, 1.165) is 21.4 Å². The Bertz CT molecular complexity index is 615. The molecule has 0 bridgehead atoms. The fourth-order valence-corrected chi connectivity index (χ4v) is 2.41. The summed E-state index contributed by atoms with van der Waals surface area (Å²) in [6.07, 6.45) is 1.85. The third-order valence-corrected chi connectivity index (χ3v) is 3.35. The second-order valence-electron chi connectivity index (χ2n) is 3.76. The van der Waals surface area contributed by atoms with Crippen LogP contribution in [0.4, 0.5) is 0 Å². The molecule has 0 aliphatic rings. The maximum atomic E-state index is 5.63. The molecule has 6 heteroatoms. The van der Waals surface area contributed by atoms with E-state index in [1.54, 1.807) is 4.52 Å². The molecule has 1 aromatic carbocycles. The molecule has 0 unspecified atom stereocenters. The van der Waals surface area contributed by atoms with Crippen LogP contribution in [0.3, 0.4) is 0 Å². The second-order valence-corrected chi connectivity index (χ2v) is 4.80. The largest absolute Gasteiger partial charge is 0.486 e. The van der Waals surface area contributed by atoms with Crippen LogP contribution in [0.15, 0.2) is 36.5 Å². The van der Waals surface area contributed by atoms with E-state index in [0.29, 0.717) is 13.2 Å². The monoisotopic (exact) mass is 260 g/mol. The highest BCUT2D eigenvalue weighted by atomic mass is 32.1. The summed E-state index contributed by atoms with van der Waals surface area (Å²) in [4.78, 5) is 5.19. The molecule has 0 spiro atoms. The van der Waals surface area contributed by atoms with Crippen molar-refractivity contribution < 1.29 is 4.74 Å². The smallest absolute Gasteiger partial charge is 0.212 e. The van der Waals surface area contributed by atoms with E-state index in [1.165, 1.54) is 11.3 Å². The highest BCUT2D eigenvalue weighted by molar-refractivity contribution is 7.16. The summed E-state index contributed by atoms with van der Waals surface area (Å²) in [5.41, 5.74) is 6.37. The number of nitrogens with zero attached hydrogens (tertiary/aromatic N) is 3. The molecule has 0 saturated carbocycles. The Morgan fingerprint density at radius 3 is 2.83 bits per heavy atom. The Morgan fingerprint density at radius 2 is 2.11 bits per heavy atom. The van der Waals surface area contributed by atoms with Crippen LogP contribution >= 0.6 is 11.3 Å². The number of hydrogen-bond acceptors (Lipinski definition) is 5. The standard InChI is InChI=1S/C12H12N4OS/c13-6-9-7-16-12(14-9)18-11(15-16)8-17-10-4-2-1-3-5-10/h1-5,7H,6,8,13H2. The number of benzene rings is 1. The number of ether oxygens (including phenoxy) is 1. The van der Waals surface area contributed by atoms with Crippen molar-refractivity contribution in [2.45, 2.75) is 13.2 Å². The number of aromatic nitrogens is 3. The molecule has 0 aliphatic heterocycles. The molecular weight excluding hydrogens is 248 g/mol. The van der Waals surface area contributed by atoms with Gasteiger partial charge in [-0.1, -0.05) is 29.5 Å². The van der Waals surface area contributed by atoms with Gasteiger partial charge in [0.2, 0.25) is 4.96 Å². The van der Waals surface area contributed by atoms with Crippen molar-refractivity contribution in [1.82, 2.24) is 14.6 Å². The average Bonchev–Trinajstić information content (AvgIpc) is 2.95. The van der Waals surface area contributed by atoms with Gasteiger partial charge in [0, 0.05) is 6.54 Å². The number of hydrogen-bond donors (Lipinski definition) is 1. The van der Waals surface area contributed by atoms with Crippen LogP contribution in [0.25, 0.3) is 4.96 Å². The van der Waals surface area contributed by atoms with Gasteiger partial charge in [-0.05, 0) is 12.1 Å². The van der Waals surface area contributed by atoms with Gasteiger partial charge >= 0.3 is 0 Å². The Kier molecular flexibility index (Phi) is 2.95. The SMILES string of the molecule is NCc1cn2nc(COc3ccccc3)sc2n1. The van der Waals surface area contributed by atoms with Gasteiger partial charge in [-0.2, -0.15) is 5.10 Å². The lowest BCUT2D eigenvalue weighted by Gasteiger charge is -2.01. The Balaban J connectivity index is 1.73. The van der Waals surface area contributed by atoms with E-state index in [9.17, 15) is 0 Å². The Hall–Kier alpha value is -1.92. The minimum Gasteiger partial charge on any atom is -0.486 e.